The van der Waals surface area contributed by atoms with E-state index in [0.29, 0.717) is 6.42 Å². The largest absolute Gasteiger partial charge is 0.396 e. The van der Waals surface area contributed by atoms with Gasteiger partial charge in [0.1, 0.15) is 11.6 Å². The number of rotatable bonds is 3. The lowest BCUT2D eigenvalue weighted by Gasteiger charge is -2.35. The summed E-state index contributed by atoms with van der Waals surface area (Å²) in [4.78, 5) is 15.4. The first-order chi connectivity index (χ1) is 9.78. The topological polar surface area (TPSA) is 52.5 Å². The minimum atomic E-state index is 0. The van der Waals surface area contributed by atoms with Crippen LogP contribution in [0.1, 0.15) is 17.9 Å². The highest BCUT2D eigenvalue weighted by Crippen LogP contribution is 2.36. The number of anilines is 1. The van der Waals surface area contributed by atoms with Crippen molar-refractivity contribution in [2.45, 2.75) is 24.2 Å². The summed E-state index contributed by atoms with van der Waals surface area (Å²) in [6.45, 7) is 4.34. The number of hydrogen-bond acceptors (Lipinski definition) is 6. The second-order valence-electron chi connectivity index (χ2n) is 5.46. The molecule has 2 aliphatic rings. The standard InChI is InChI=1S/C14H22N4OS.2ClH/c1-17-5-7-18(8-6-17)14-13-11(3-2-10-20-13)15-12(16-14)4-9-19;;/h19H,2-10H2,1H3;2*1H. The zero-order valence-electron chi connectivity index (χ0n) is 12.8. The zero-order valence-corrected chi connectivity index (χ0v) is 15.3. The highest BCUT2D eigenvalue weighted by atomic mass is 35.5. The number of aryl methyl sites for hydroxylation is 1. The summed E-state index contributed by atoms with van der Waals surface area (Å²) in [6.07, 6.45) is 2.79. The Balaban J connectivity index is 0.00000121. The van der Waals surface area contributed by atoms with Gasteiger partial charge in [-0.15, -0.1) is 36.6 Å². The van der Waals surface area contributed by atoms with Gasteiger partial charge in [-0.25, -0.2) is 9.97 Å². The number of halogens is 2. The van der Waals surface area contributed by atoms with E-state index in [0.717, 1.165) is 50.0 Å². The van der Waals surface area contributed by atoms with Gasteiger partial charge in [-0.2, -0.15) is 0 Å². The molecule has 0 atom stereocenters. The van der Waals surface area contributed by atoms with Crippen LogP contribution in [0.25, 0.3) is 0 Å². The molecular formula is C14H24Cl2N4OS. The van der Waals surface area contributed by atoms with Crippen molar-refractivity contribution < 1.29 is 5.11 Å². The van der Waals surface area contributed by atoms with Crippen LogP contribution in [0.4, 0.5) is 5.82 Å². The van der Waals surface area contributed by atoms with E-state index in [9.17, 15) is 0 Å². The number of hydrogen-bond donors (Lipinski definition) is 1. The fourth-order valence-electron chi connectivity index (χ4n) is 2.71. The monoisotopic (exact) mass is 366 g/mol. The van der Waals surface area contributed by atoms with E-state index in [4.69, 9.17) is 10.1 Å². The molecular weight excluding hydrogens is 343 g/mol. The lowest BCUT2D eigenvalue weighted by molar-refractivity contribution is 0.296. The zero-order chi connectivity index (χ0) is 13.9. The maximum Gasteiger partial charge on any atom is 0.146 e. The molecule has 3 rings (SSSR count). The number of aliphatic hydroxyl groups excluding tert-OH is 1. The Morgan fingerprint density at radius 3 is 2.55 bits per heavy atom. The van der Waals surface area contributed by atoms with Crippen molar-refractivity contribution in [3.8, 4) is 0 Å². The number of aromatic nitrogens is 2. The van der Waals surface area contributed by atoms with E-state index in [2.05, 4.69) is 21.8 Å². The molecule has 0 spiro atoms. The Labute approximate surface area is 148 Å². The Morgan fingerprint density at radius 2 is 1.86 bits per heavy atom. The second kappa shape index (κ2) is 9.13. The van der Waals surface area contributed by atoms with Gasteiger partial charge in [0.05, 0.1) is 17.2 Å². The molecule has 3 heterocycles. The first kappa shape index (κ1) is 19.8. The van der Waals surface area contributed by atoms with Crippen LogP contribution in [0.2, 0.25) is 0 Å². The molecule has 0 radical (unpaired) electrons. The summed E-state index contributed by atoms with van der Waals surface area (Å²) in [5, 5.41) is 9.15. The van der Waals surface area contributed by atoms with Crippen LogP contribution < -0.4 is 4.90 Å². The number of fused-ring (bicyclic) bond motifs is 1. The molecule has 0 aliphatic carbocycles. The Hall–Kier alpha value is -0.270. The molecule has 1 N–H and O–H groups in total. The van der Waals surface area contributed by atoms with Gasteiger partial charge in [0, 0.05) is 32.6 Å². The summed E-state index contributed by atoms with van der Waals surface area (Å²) in [6, 6.07) is 0. The third-order valence-corrected chi connectivity index (χ3v) is 5.11. The fraction of sp³-hybridized carbons (Fsp3) is 0.714. The summed E-state index contributed by atoms with van der Waals surface area (Å²) in [5.41, 5.74) is 1.19. The summed E-state index contributed by atoms with van der Waals surface area (Å²) in [7, 11) is 2.17. The van der Waals surface area contributed by atoms with Gasteiger partial charge in [0.25, 0.3) is 0 Å². The first-order valence-corrected chi connectivity index (χ1v) is 8.33. The Kier molecular flexibility index (Phi) is 8.21. The van der Waals surface area contributed by atoms with E-state index in [1.54, 1.807) is 0 Å². The van der Waals surface area contributed by atoms with Crippen molar-refractivity contribution in [2.24, 2.45) is 0 Å². The van der Waals surface area contributed by atoms with Crippen molar-refractivity contribution >= 4 is 42.4 Å². The van der Waals surface area contributed by atoms with E-state index in [-0.39, 0.29) is 31.4 Å². The molecule has 126 valence electrons. The minimum Gasteiger partial charge on any atom is -0.396 e. The van der Waals surface area contributed by atoms with Crippen LogP contribution in [-0.4, -0.2) is 65.6 Å². The number of thioether (sulfide) groups is 1. The molecule has 1 aromatic rings. The Morgan fingerprint density at radius 1 is 1.14 bits per heavy atom. The van der Waals surface area contributed by atoms with Crippen LogP contribution in [0.3, 0.4) is 0 Å². The van der Waals surface area contributed by atoms with Gasteiger partial charge >= 0.3 is 0 Å². The van der Waals surface area contributed by atoms with E-state index >= 15 is 0 Å². The van der Waals surface area contributed by atoms with Crippen molar-refractivity contribution in [3.05, 3.63) is 11.5 Å². The first-order valence-electron chi connectivity index (χ1n) is 7.35. The van der Waals surface area contributed by atoms with Crippen LogP contribution in [0.15, 0.2) is 4.90 Å². The summed E-state index contributed by atoms with van der Waals surface area (Å²) >= 11 is 1.89. The third kappa shape index (κ3) is 4.38. The molecule has 0 aromatic carbocycles. The summed E-state index contributed by atoms with van der Waals surface area (Å²) in [5.74, 6) is 3.06. The lowest BCUT2D eigenvalue weighted by Crippen LogP contribution is -2.45. The van der Waals surface area contributed by atoms with Crippen molar-refractivity contribution in [3.63, 3.8) is 0 Å². The smallest absolute Gasteiger partial charge is 0.146 e. The molecule has 0 bridgehead atoms. The van der Waals surface area contributed by atoms with Crippen LogP contribution in [-0.2, 0) is 12.8 Å². The van der Waals surface area contributed by atoms with Crippen molar-refractivity contribution in [1.82, 2.24) is 14.9 Å². The number of aliphatic hydroxyl groups is 1. The maximum absolute atomic E-state index is 9.15. The number of piperazine rings is 1. The molecule has 2 aliphatic heterocycles. The third-order valence-electron chi connectivity index (χ3n) is 3.91. The molecule has 0 amide bonds. The lowest BCUT2D eigenvalue weighted by atomic mass is 10.2. The molecule has 1 aromatic heterocycles. The predicted octanol–water partition coefficient (Wildman–Crippen LogP) is 1.65. The van der Waals surface area contributed by atoms with E-state index in [1.165, 1.54) is 17.0 Å². The quantitative estimate of drug-likeness (QED) is 0.877. The van der Waals surface area contributed by atoms with Gasteiger partial charge in [0.2, 0.25) is 0 Å². The van der Waals surface area contributed by atoms with Gasteiger partial charge in [-0.1, -0.05) is 0 Å². The van der Waals surface area contributed by atoms with Crippen LogP contribution in [0.5, 0.6) is 0 Å². The number of nitrogens with zero attached hydrogens (tertiary/aromatic N) is 4. The maximum atomic E-state index is 9.15. The Bertz CT molecular complexity index is 484. The highest BCUT2D eigenvalue weighted by Gasteiger charge is 2.24. The SMILES string of the molecule is CN1CCN(c2nc(CCO)nc3c2SCCC3)CC1.Cl.Cl. The van der Waals surface area contributed by atoms with Gasteiger partial charge in [0.15, 0.2) is 0 Å². The van der Waals surface area contributed by atoms with Gasteiger partial charge in [-0.3, -0.25) is 0 Å². The van der Waals surface area contributed by atoms with Crippen molar-refractivity contribution in [1.29, 1.82) is 0 Å². The van der Waals surface area contributed by atoms with Gasteiger partial charge in [-0.05, 0) is 25.6 Å². The molecule has 1 fully saturated rings. The molecule has 1 saturated heterocycles. The predicted molar refractivity (Wildman–Crippen MR) is 96.1 cm³/mol. The molecule has 5 nitrogen and oxygen atoms in total. The van der Waals surface area contributed by atoms with E-state index < -0.39 is 0 Å². The van der Waals surface area contributed by atoms with Crippen LogP contribution in [0, 0.1) is 0 Å². The summed E-state index contributed by atoms with van der Waals surface area (Å²) < 4.78 is 0. The molecule has 0 unspecified atom stereocenters. The average Bonchev–Trinajstić information content (AvgIpc) is 2.48. The second-order valence-corrected chi connectivity index (χ2v) is 6.56. The van der Waals surface area contributed by atoms with Crippen LogP contribution >= 0.6 is 36.6 Å². The molecule has 22 heavy (non-hydrogen) atoms. The molecule has 0 saturated carbocycles. The average molecular weight is 367 g/mol. The van der Waals surface area contributed by atoms with Crippen molar-refractivity contribution in [2.75, 3.05) is 50.5 Å². The highest BCUT2D eigenvalue weighted by molar-refractivity contribution is 7.99. The fourth-order valence-corrected chi connectivity index (χ4v) is 3.82. The minimum absolute atomic E-state index is 0. The van der Waals surface area contributed by atoms with Gasteiger partial charge < -0.3 is 14.9 Å². The normalized spacial score (nSPS) is 18.2. The number of likely N-dealkylation sites (N-methyl/N-ethyl adjacent to an activating group) is 1. The molecule has 8 heteroatoms. The van der Waals surface area contributed by atoms with E-state index in [1.807, 2.05) is 11.8 Å².